The van der Waals surface area contributed by atoms with Gasteiger partial charge in [0.25, 0.3) is 11.8 Å². The van der Waals surface area contributed by atoms with Gasteiger partial charge >= 0.3 is 0 Å². The van der Waals surface area contributed by atoms with E-state index in [-0.39, 0.29) is 24.0 Å². The Kier molecular flexibility index (Phi) is 7.30. The molecule has 0 fully saturated rings. The minimum Gasteiger partial charge on any atom is -0.375 e. The highest BCUT2D eigenvalue weighted by molar-refractivity contribution is 6.08. The van der Waals surface area contributed by atoms with Crippen LogP contribution in [0.1, 0.15) is 26.3 Å². The number of carbonyl (C=O) groups excluding carboxylic acids is 3. The summed E-state index contributed by atoms with van der Waals surface area (Å²) in [6, 6.07) is 17.1. The molecule has 7 nitrogen and oxygen atoms in total. The van der Waals surface area contributed by atoms with Crippen molar-refractivity contribution in [2.45, 2.75) is 6.92 Å². The number of halogens is 1. The molecular weight excluding hydrogens is 413 g/mol. The molecule has 0 aliphatic carbocycles. The zero-order valence-electron chi connectivity index (χ0n) is 17.6. The number of methoxy groups -OCH3 is 1. The SMILES string of the molecule is COCC(=O)Nc1ccc(NC(=O)c2ccc(C)c(NC(=O)c3ccccc3F)c2)cc1. The maximum atomic E-state index is 13.9. The van der Waals surface area contributed by atoms with E-state index >= 15 is 0 Å². The lowest BCUT2D eigenvalue weighted by Gasteiger charge is -2.12. The van der Waals surface area contributed by atoms with E-state index in [2.05, 4.69) is 16.0 Å². The fourth-order valence-corrected chi connectivity index (χ4v) is 2.90. The second-order valence-corrected chi connectivity index (χ2v) is 6.98. The third kappa shape index (κ3) is 5.77. The molecule has 0 bridgehead atoms. The maximum Gasteiger partial charge on any atom is 0.258 e. The fraction of sp³-hybridized carbons (Fsp3) is 0.125. The van der Waals surface area contributed by atoms with Gasteiger partial charge in [-0.15, -0.1) is 0 Å². The van der Waals surface area contributed by atoms with E-state index in [1.165, 1.54) is 31.4 Å². The Hall–Kier alpha value is -4.04. The van der Waals surface area contributed by atoms with Gasteiger partial charge in [-0.05, 0) is 61.0 Å². The predicted octanol–water partition coefficient (Wildman–Crippen LogP) is 4.22. The molecule has 0 atom stereocenters. The van der Waals surface area contributed by atoms with E-state index in [1.807, 2.05) is 0 Å². The number of ether oxygens (including phenoxy) is 1. The maximum absolute atomic E-state index is 13.9. The first-order valence-electron chi connectivity index (χ1n) is 9.74. The first kappa shape index (κ1) is 22.6. The summed E-state index contributed by atoms with van der Waals surface area (Å²) in [5.41, 5.74) is 2.46. The number of amides is 3. The Morgan fingerprint density at radius 3 is 2.16 bits per heavy atom. The van der Waals surface area contributed by atoms with Gasteiger partial charge < -0.3 is 20.7 Å². The third-order valence-electron chi connectivity index (χ3n) is 4.57. The number of benzene rings is 3. The van der Waals surface area contributed by atoms with Crippen LogP contribution in [0.25, 0.3) is 0 Å². The van der Waals surface area contributed by atoms with Crippen LogP contribution in [0.5, 0.6) is 0 Å². The van der Waals surface area contributed by atoms with Crippen molar-refractivity contribution in [2.75, 3.05) is 29.7 Å². The Balaban J connectivity index is 1.69. The summed E-state index contributed by atoms with van der Waals surface area (Å²) in [6.45, 7) is 1.72. The van der Waals surface area contributed by atoms with Gasteiger partial charge in [-0.1, -0.05) is 18.2 Å². The molecule has 0 unspecified atom stereocenters. The summed E-state index contributed by atoms with van der Waals surface area (Å²) < 4.78 is 18.6. The van der Waals surface area contributed by atoms with E-state index in [9.17, 15) is 18.8 Å². The van der Waals surface area contributed by atoms with Gasteiger partial charge in [-0.2, -0.15) is 0 Å². The average Bonchev–Trinajstić information content (AvgIpc) is 2.77. The Morgan fingerprint density at radius 2 is 1.50 bits per heavy atom. The first-order valence-corrected chi connectivity index (χ1v) is 9.74. The Labute approximate surface area is 184 Å². The van der Waals surface area contributed by atoms with Gasteiger partial charge in [-0.25, -0.2) is 4.39 Å². The fourth-order valence-electron chi connectivity index (χ4n) is 2.90. The molecule has 0 aliphatic rings. The van der Waals surface area contributed by atoms with Crippen LogP contribution >= 0.6 is 0 Å². The molecule has 32 heavy (non-hydrogen) atoms. The summed E-state index contributed by atoms with van der Waals surface area (Å²) in [7, 11) is 1.43. The van der Waals surface area contributed by atoms with Crippen molar-refractivity contribution >= 4 is 34.8 Å². The number of nitrogens with one attached hydrogen (secondary N) is 3. The second kappa shape index (κ2) is 10.3. The van der Waals surface area contributed by atoms with E-state index < -0.39 is 11.7 Å². The summed E-state index contributed by atoms with van der Waals surface area (Å²) in [5, 5.41) is 8.07. The standard InChI is InChI=1S/C24H22FN3O4/c1-15-7-8-16(13-21(15)28-24(31)19-5-3-4-6-20(19)25)23(30)27-18-11-9-17(10-12-18)26-22(29)14-32-2/h3-13H,14H2,1-2H3,(H,26,29)(H,27,30)(H,28,31). The molecule has 164 valence electrons. The molecule has 0 spiro atoms. The van der Waals surface area contributed by atoms with Crippen LogP contribution < -0.4 is 16.0 Å². The molecule has 0 aliphatic heterocycles. The van der Waals surface area contributed by atoms with Crippen molar-refractivity contribution in [1.29, 1.82) is 0 Å². The van der Waals surface area contributed by atoms with Gasteiger partial charge in [0.05, 0.1) is 5.56 Å². The van der Waals surface area contributed by atoms with Crippen molar-refractivity contribution < 1.29 is 23.5 Å². The molecule has 0 saturated heterocycles. The Morgan fingerprint density at radius 1 is 0.844 bits per heavy atom. The number of anilines is 3. The molecule has 3 aromatic carbocycles. The molecule has 3 rings (SSSR count). The zero-order chi connectivity index (χ0) is 23.1. The predicted molar refractivity (Wildman–Crippen MR) is 120 cm³/mol. The lowest BCUT2D eigenvalue weighted by atomic mass is 10.1. The highest BCUT2D eigenvalue weighted by Crippen LogP contribution is 2.20. The van der Waals surface area contributed by atoms with E-state index in [0.717, 1.165) is 5.56 Å². The normalized spacial score (nSPS) is 10.3. The topological polar surface area (TPSA) is 96.5 Å². The van der Waals surface area contributed by atoms with E-state index in [0.29, 0.717) is 22.6 Å². The molecule has 0 saturated carbocycles. The van der Waals surface area contributed by atoms with Crippen LogP contribution in [0.15, 0.2) is 66.7 Å². The largest absolute Gasteiger partial charge is 0.375 e. The van der Waals surface area contributed by atoms with Crippen molar-refractivity contribution in [3.8, 4) is 0 Å². The van der Waals surface area contributed by atoms with Gasteiger partial charge in [-0.3, -0.25) is 14.4 Å². The smallest absolute Gasteiger partial charge is 0.258 e. The van der Waals surface area contributed by atoms with Gasteiger partial charge in [0.15, 0.2) is 0 Å². The van der Waals surface area contributed by atoms with Crippen molar-refractivity contribution in [2.24, 2.45) is 0 Å². The highest BCUT2D eigenvalue weighted by atomic mass is 19.1. The molecule has 3 N–H and O–H groups in total. The summed E-state index contributed by atoms with van der Waals surface area (Å²) in [5.74, 6) is -1.90. The highest BCUT2D eigenvalue weighted by Gasteiger charge is 2.14. The minimum absolute atomic E-state index is 0.0539. The number of aryl methyl sites for hydroxylation is 1. The van der Waals surface area contributed by atoms with Crippen LogP contribution in [-0.4, -0.2) is 31.4 Å². The Bertz CT molecular complexity index is 1150. The molecule has 0 heterocycles. The van der Waals surface area contributed by atoms with Gasteiger partial charge in [0.2, 0.25) is 5.91 Å². The van der Waals surface area contributed by atoms with Gasteiger partial charge in [0.1, 0.15) is 12.4 Å². The molecular formula is C24H22FN3O4. The van der Waals surface area contributed by atoms with Crippen LogP contribution in [0.3, 0.4) is 0 Å². The second-order valence-electron chi connectivity index (χ2n) is 6.98. The minimum atomic E-state index is -0.626. The quantitative estimate of drug-likeness (QED) is 0.518. The lowest BCUT2D eigenvalue weighted by molar-refractivity contribution is -0.119. The number of hydrogen-bond acceptors (Lipinski definition) is 4. The molecule has 3 aromatic rings. The van der Waals surface area contributed by atoms with E-state index in [1.54, 1.807) is 49.4 Å². The van der Waals surface area contributed by atoms with Crippen LogP contribution in [0.2, 0.25) is 0 Å². The molecule has 3 amide bonds. The molecule has 0 aromatic heterocycles. The third-order valence-corrected chi connectivity index (χ3v) is 4.57. The van der Waals surface area contributed by atoms with Crippen molar-refractivity contribution in [3.05, 3.63) is 89.2 Å². The summed E-state index contributed by atoms with van der Waals surface area (Å²) >= 11 is 0. The first-order chi connectivity index (χ1) is 15.4. The van der Waals surface area contributed by atoms with Crippen LogP contribution in [-0.2, 0) is 9.53 Å². The number of carbonyl (C=O) groups is 3. The lowest BCUT2D eigenvalue weighted by Crippen LogP contribution is -2.17. The van der Waals surface area contributed by atoms with Gasteiger partial charge in [0, 0.05) is 29.7 Å². The average molecular weight is 435 g/mol. The zero-order valence-corrected chi connectivity index (χ0v) is 17.6. The number of rotatable bonds is 7. The van der Waals surface area contributed by atoms with Crippen LogP contribution in [0, 0.1) is 12.7 Å². The van der Waals surface area contributed by atoms with Crippen LogP contribution in [0.4, 0.5) is 21.5 Å². The van der Waals surface area contributed by atoms with Crippen molar-refractivity contribution in [1.82, 2.24) is 0 Å². The monoisotopic (exact) mass is 435 g/mol. The van der Waals surface area contributed by atoms with E-state index in [4.69, 9.17) is 4.74 Å². The summed E-state index contributed by atoms with van der Waals surface area (Å²) in [6.07, 6.45) is 0. The van der Waals surface area contributed by atoms with Crippen molar-refractivity contribution in [3.63, 3.8) is 0 Å². The molecule has 8 heteroatoms. The summed E-state index contributed by atoms with van der Waals surface area (Å²) in [4.78, 5) is 36.6. The number of hydrogen-bond donors (Lipinski definition) is 3. The molecule has 0 radical (unpaired) electrons.